The standard InChI is InChI=1S/C12H16FNO/c1-9-6-10(2-3-12(9)13)7-11-8-15-5-4-14-11/h2-3,6,11,14H,4-5,7-8H2,1H3. The molecule has 1 heterocycles. The quantitative estimate of drug-likeness (QED) is 0.800. The zero-order valence-electron chi connectivity index (χ0n) is 8.92. The second kappa shape index (κ2) is 4.73. The van der Waals surface area contributed by atoms with Gasteiger partial charge in [0.05, 0.1) is 13.2 Å². The molecule has 1 aromatic rings. The first-order valence-corrected chi connectivity index (χ1v) is 5.32. The predicted octanol–water partition coefficient (Wildman–Crippen LogP) is 1.67. The lowest BCUT2D eigenvalue weighted by molar-refractivity contribution is 0.0770. The van der Waals surface area contributed by atoms with Crippen molar-refractivity contribution in [3.63, 3.8) is 0 Å². The number of nitrogens with one attached hydrogen (secondary N) is 1. The summed E-state index contributed by atoms with van der Waals surface area (Å²) in [6.07, 6.45) is 0.904. The van der Waals surface area contributed by atoms with Crippen LogP contribution >= 0.6 is 0 Å². The Bertz CT molecular complexity index is 334. The van der Waals surface area contributed by atoms with E-state index in [1.807, 2.05) is 12.1 Å². The molecule has 0 aliphatic carbocycles. The molecular formula is C12H16FNO. The van der Waals surface area contributed by atoms with Crippen molar-refractivity contribution in [1.29, 1.82) is 0 Å². The van der Waals surface area contributed by atoms with Gasteiger partial charge in [-0.2, -0.15) is 0 Å². The molecule has 0 amide bonds. The van der Waals surface area contributed by atoms with Gasteiger partial charge < -0.3 is 10.1 Å². The zero-order chi connectivity index (χ0) is 10.7. The van der Waals surface area contributed by atoms with Crippen LogP contribution in [0.4, 0.5) is 4.39 Å². The van der Waals surface area contributed by atoms with Crippen LogP contribution in [0.15, 0.2) is 18.2 Å². The molecule has 1 unspecified atom stereocenters. The predicted molar refractivity (Wildman–Crippen MR) is 57.5 cm³/mol. The SMILES string of the molecule is Cc1cc(CC2COCCN2)ccc1F. The van der Waals surface area contributed by atoms with E-state index in [0.29, 0.717) is 11.6 Å². The summed E-state index contributed by atoms with van der Waals surface area (Å²) in [5, 5.41) is 3.38. The highest BCUT2D eigenvalue weighted by molar-refractivity contribution is 5.24. The van der Waals surface area contributed by atoms with Crippen LogP contribution < -0.4 is 5.32 Å². The average molecular weight is 209 g/mol. The summed E-state index contributed by atoms with van der Waals surface area (Å²) in [6.45, 7) is 4.24. The van der Waals surface area contributed by atoms with E-state index in [-0.39, 0.29) is 5.82 Å². The Morgan fingerprint density at radius 1 is 1.53 bits per heavy atom. The smallest absolute Gasteiger partial charge is 0.126 e. The normalized spacial score (nSPS) is 21.6. The van der Waals surface area contributed by atoms with Crippen LogP contribution in [0.25, 0.3) is 0 Å². The number of ether oxygens (including phenoxy) is 1. The van der Waals surface area contributed by atoms with Crippen LogP contribution in [-0.2, 0) is 11.2 Å². The fourth-order valence-corrected chi connectivity index (χ4v) is 1.87. The number of rotatable bonds is 2. The molecule has 2 nitrogen and oxygen atoms in total. The van der Waals surface area contributed by atoms with Gasteiger partial charge in [0.1, 0.15) is 5.82 Å². The van der Waals surface area contributed by atoms with Gasteiger partial charge in [-0.1, -0.05) is 12.1 Å². The lowest BCUT2D eigenvalue weighted by atomic mass is 10.0. The van der Waals surface area contributed by atoms with Gasteiger partial charge in [0.15, 0.2) is 0 Å². The van der Waals surface area contributed by atoms with E-state index in [9.17, 15) is 4.39 Å². The van der Waals surface area contributed by atoms with Gasteiger partial charge in [0, 0.05) is 12.6 Å². The molecule has 3 heteroatoms. The lowest BCUT2D eigenvalue weighted by Crippen LogP contribution is -2.42. The number of morpholine rings is 1. The molecule has 82 valence electrons. The van der Waals surface area contributed by atoms with Gasteiger partial charge >= 0.3 is 0 Å². The highest BCUT2D eigenvalue weighted by atomic mass is 19.1. The molecule has 1 saturated heterocycles. The van der Waals surface area contributed by atoms with Crippen LogP contribution in [0.5, 0.6) is 0 Å². The minimum absolute atomic E-state index is 0.133. The Balaban J connectivity index is 2.00. The highest BCUT2D eigenvalue weighted by Gasteiger charge is 2.13. The minimum atomic E-state index is -0.133. The van der Waals surface area contributed by atoms with Crippen molar-refractivity contribution in [3.8, 4) is 0 Å². The second-order valence-corrected chi connectivity index (χ2v) is 4.01. The molecule has 1 atom stereocenters. The van der Waals surface area contributed by atoms with E-state index in [4.69, 9.17) is 4.74 Å². The minimum Gasteiger partial charge on any atom is -0.379 e. The third-order valence-corrected chi connectivity index (χ3v) is 2.70. The highest BCUT2D eigenvalue weighted by Crippen LogP contribution is 2.11. The molecule has 1 aliphatic rings. The van der Waals surface area contributed by atoms with E-state index in [1.54, 1.807) is 6.92 Å². The molecule has 0 radical (unpaired) electrons. The topological polar surface area (TPSA) is 21.3 Å². The van der Waals surface area contributed by atoms with Crippen molar-refractivity contribution < 1.29 is 9.13 Å². The van der Waals surface area contributed by atoms with Crippen LogP contribution in [0, 0.1) is 12.7 Å². The van der Waals surface area contributed by atoms with E-state index >= 15 is 0 Å². The maximum Gasteiger partial charge on any atom is 0.126 e. The van der Waals surface area contributed by atoms with Crippen molar-refractivity contribution in [2.45, 2.75) is 19.4 Å². The van der Waals surface area contributed by atoms with Crippen molar-refractivity contribution in [3.05, 3.63) is 35.1 Å². The van der Waals surface area contributed by atoms with Gasteiger partial charge in [-0.25, -0.2) is 4.39 Å². The summed E-state index contributed by atoms with van der Waals surface area (Å²) in [4.78, 5) is 0. The molecule has 1 N–H and O–H groups in total. The lowest BCUT2D eigenvalue weighted by Gasteiger charge is -2.23. The van der Waals surface area contributed by atoms with Crippen molar-refractivity contribution >= 4 is 0 Å². The first kappa shape index (κ1) is 10.6. The monoisotopic (exact) mass is 209 g/mol. The first-order valence-electron chi connectivity index (χ1n) is 5.32. The summed E-state index contributed by atoms with van der Waals surface area (Å²) in [6, 6.07) is 5.65. The van der Waals surface area contributed by atoms with Crippen molar-refractivity contribution in [1.82, 2.24) is 5.32 Å². The van der Waals surface area contributed by atoms with E-state index in [1.165, 1.54) is 6.07 Å². The molecule has 0 saturated carbocycles. The van der Waals surface area contributed by atoms with E-state index in [0.717, 1.165) is 31.7 Å². The second-order valence-electron chi connectivity index (χ2n) is 4.01. The van der Waals surface area contributed by atoms with Gasteiger partial charge in [0.25, 0.3) is 0 Å². The third-order valence-electron chi connectivity index (χ3n) is 2.70. The Morgan fingerprint density at radius 3 is 3.07 bits per heavy atom. The first-order chi connectivity index (χ1) is 7.25. The molecule has 0 spiro atoms. The molecule has 0 bridgehead atoms. The number of aryl methyl sites for hydroxylation is 1. The molecular weight excluding hydrogens is 193 g/mol. The summed E-state index contributed by atoms with van der Waals surface area (Å²) < 4.78 is 18.4. The summed E-state index contributed by atoms with van der Waals surface area (Å²) in [7, 11) is 0. The van der Waals surface area contributed by atoms with Crippen LogP contribution in [0.1, 0.15) is 11.1 Å². The molecule has 1 aliphatic heterocycles. The maximum absolute atomic E-state index is 13.0. The largest absolute Gasteiger partial charge is 0.379 e. The number of hydrogen-bond donors (Lipinski definition) is 1. The number of benzene rings is 1. The Labute approximate surface area is 89.4 Å². The van der Waals surface area contributed by atoms with Gasteiger partial charge in [0.2, 0.25) is 0 Å². The van der Waals surface area contributed by atoms with Gasteiger partial charge in [-0.15, -0.1) is 0 Å². The van der Waals surface area contributed by atoms with Crippen LogP contribution in [0.3, 0.4) is 0 Å². The Hall–Kier alpha value is -0.930. The number of hydrogen-bond acceptors (Lipinski definition) is 2. The van der Waals surface area contributed by atoms with Crippen molar-refractivity contribution in [2.24, 2.45) is 0 Å². The Morgan fingerprint density at radius 2 is 2.40 bits per heavy atom. The summed E-state index contributed by atoms with van der Waals surface area (Å²) >= 11 is 0. The maximum atomic E-state index is 13.0. The van der Waals surface area contributed by atoms with Crippen molar-refractivity contribution in [2.75, 3.05) is 19.8 Å². The summed E-state index contributed by atoms with van der Waals surface area (Å²) in [5.41, 5.74) is 1.88. The summed E-state index contributed by atoms with van der Waals surface area (Å²) in [5.74, 6) is -0.133. The molecule has 1 fully saturated rings. The third kappa shape index (κ3) is 2.76. The molecule has 15 heavy (non-hydrogen) atoms. The van der Waals surface area contributed by atoms with Crippen LogP contribution in [0.2, 0.25) is 0 Å². The fraction of sp³-hybridized carbons (Fsp3) is 0.500. The molecule has 2 rings (SSSR count). The molecule has 0 aromatic heterocycles. The zero-order valence-corrected chi connectivity index (χ0v) is 8.92. The molecule has 1 aromatic carbocycles. The van der Waals surface area contributed by atoms with Gasteiger partial charge in [-0.05, 0) is 30.5 Å². The van der Waals surface area contributed by atoms with Crippen LogP contribution in [-0.4, -0.2) is 25.8 Å². The number of halogens is 1. The fourth-order valence-electron chi connectivity index (χ4n) is 1.87. The Kier molecular flexibility index (Phi) is 3.34. The van der Waals surface area contributed by atoms with E-state index < -0.39 is 0 Å². The average Bonchev–Trinajstić information content (AvgIpc) is 2.25. The van der Waals surface area contributed by atoms with E-state index in [2.05, 4.69) is 5.32 Å². The van der Waals surface area contributed by atoms with Gasteiger partial charge in [-0.3, -0.25) is 0 Å².